The summed E-state index contributed by atoms with van der Waals surface area (Å²) in [5.41, 5.74) is 0.375. The van der Waals surface area contributed by atoms with Crippen molar-refractivity contribution in [2.75, 3.05) is 13.2 Å². The van der Waals surface area contributed by atoms with Crippen molar-refractivity contribution >= 4 is 23.5 Å². The summed E-state index contributed by atoms with van der Waals surface area (Å²) in [6, 6.07) is 4.56. The molecule has 0 radical (unpaired) electrons. The number of carbonyl (C=O) groups excluding carboxylic acids is 2. The summed E-state index contributed by atoms with van der Waals surface area (Å²) in [6.07, 6.45) is 8.17. The monoisotopic (exact) mass is 368 g/mol. The molecule has 0 heterocycles. The molecule has 0 N–H and O–H groups in total. The highest BCUT2D eigenvalue weighted by Gasteiger charge is 2.20. The molecule has 0 saturated heterocycles. The Balaban J connectivity index is 2.61. The maximum absolute atomic E-state index is 12.3. The number of hydrogen-bond donors (Lipinski definition) is 0. The Morgan fingerprint density at radius 2 is 1.32 bits per heavy atom. The number of esters is 2. The Hall–Kier alpha value is -1.55. The van der Waals surface area contributed by atoms with Crippen LogP contribution in [0.5, 0.6) is 0 Å². The molecule has 0 aliphatic rings. The van der Waals surface area contributed by atoms with Crippen molar-refractivity contribution in [2.45, 2.75) is 65.2 Å². The average molecular weight is 369 g/mol. The number of hydrogen-bond acceptors (Lipinski definition) is 4. The van der Waals surface area contributed by atoms with Gasteiger partial charge in [-0.05, 0) is 31.0 Å². The summed E-state index contributed by atoms with van der Waals surface area (Å²) in [5, 5.41) is 0.387. The second kappa shape index (κ2) is 12.8. The molecule has 4 nitrogen and oxygen atoms in total. The van der Waals surface area contributed by atoms with E-state index in [0.29, 0.717) is 18.2 Å². The van der Waals surface area contributed by atoms with Gasteiger partial charge in [-0.1, -0.05) is 64.0 Å². The molecule has 0 aliphatic carbocycles. The minimum absolute atomic E-state index is 0.168. The zero-order valence-electron chi connectivity index (χ0n) is 15.3. The molecular weight excluding hydrogens is 340 g/mol. The van der Waals surface area contributed by atoms with E-state index in [1.807, 2.05) is 0 Å². The first-order valence-electron chi connectivity index (χ1n) is 9.24. The van der Waals surface area contributed by atoms with Gasteiger partial charge >= 0.3 is 11.9 Å². The Morgan fingerprint density at radius 3 is 1.84 bits per heavy atom. The number of ether oxygens (including phenoxy) is 2. The maximum atomic E-state index is 12.3. The molecule has 1 aromatic carbocycles. The minimum atomic E-state index is -0.531. The molecular formula is C20H29ClO4. The summed E-state index contributed by atoms with van der Waals surface area (Å²) in [5.74, 6) is -1.04. The predicted octanol–water partition coefficient (Wildman–Crippen LogP) is 5.81. The largest absolute Gasteiger partial charge is 0.462 e. The first-order valence-corrected chi connectivity index (χ1v) is 9.61. The molecule has 0 aromatic heterocycles. The van der Waals surface area contributed by atoms with Crippen LogP contribution in [-0.2, 0) is 9.47 Å². The normalized spacial score (nSPS) is 10.5. The highest BCUT2D eigenvalue weighted by Crippen LogP contribution is 2.19. The highest BCUT2D eigenvalue weighted by atomic mass is 35.5. The van der Waals surface area contributed by atoms with Gasteiger partial charge in [-0.25, -0.2) is 9.59 Å². The molecule has 0 unspecified atom stereocenters. The lowest BCUT2D eigenvalue weighted by atomic mass is 10.1. The third-order valence-corrected chi connectivity index (χ3v) is 4.12. The number of carbonyl (C=O) groups is 2. The standard InChI is InChI=1S/C20H29ClO4/c1-3-5-7-9-13-24-19(22)17-12-11-16(21)15-18(17)20(23)25-14-10-8-6-4-2/h11-12,15H,3-10,13-14H2,1-2H3. The van der Waals surface area contributed by atoms with Crippen LogP contribution >= 0.6 is 11.6 Å². The van der Waals surface area contributed by atoms with Gasteiger partial charge in [0.1, 0.15) is 0 Å². The van der Waals surface area contributed by atoms with Crippen LogP contribution in [0.3, 0.4) is 0 Å². The summed E-state index contributed by atoms with van der Waals surface area (Å²) in [7, 11) is 0. The van der Waals surface area contributed by atoms with Gasteiger partial charge in [0.15, 0.2) is 0 Å². The van der Waals surface area contributed by atoms with Gasteiger partial charge in [0, 0.05) is 5.02 Å². The van der Waals surface area contributed by atoms with Crippen molar-refractivity contribution in [1.29, 1.82) is 0 Å². The van der Waals surface area contributed by atoms with Gasteiger partial charge in [0.2, 0.25) is 0 Å². The fourth-order valence-electron chi connectivity index (χ4n) is 2.41. The second-order valence-electron chi connectivity index (χ2n) is 6.08. The quantitative estimate of drug-likeness (QED) is 0.345. The lowest BCUT2D eigenvalue weighted by molar-refractivity contribution is 0.0450. The van der Waals surface area contributed by atoms with Gasteiger partial charge in [-0.3, -0.25) is 0 Å². The van der Waals surface area contributed by atoms with Crippen LogP contribution < -0.4 is 0 Å². The van der Waals surface area contributed by atoms with Gasteiger partial charge < -0.3 is 9.47 Å². The minimum Gasteiger partial charge on any atom is -0.462 e. The molecule has 1 rings (SSSR count). The van der Waals surface area contributed by atoms with Crippen LogP contribution in [0.4, 0.5) is 0 Å². The Bertz CT molecular complexity index is 542. The first kappa shape index (κ1) is 21.5. The van der Waals surface area contributed by atoms with Gasteiger partial charge in [-0.15, -0.1) is 0 Å². The molecule has 140 valence electrons. The van der Waals surface area contributed by atoms with Crippen molar-refractivity contribution < 1.29 is 19.1 Å². The van der Waals surface area contributed by atoms with Crippen molar-refractivity contribution in [3.05, 3.63) is 34.3 Å². The Kier molecular flexibility index (Phi) is 11.0. The molecule has 0 fully saturated rings. The molecule has 0 atom stereocenters. The molecule has 25 heavy (non-hydrogen) atoms. The smallest absolute Gasteiger partial charge is 0.339 e. The zero-order chi connectivity index (χ0) is 18.5. The molecule has 0 amide bonds. The van der Waals surface area contributed by atoms with Crippen molar-refractivity contribution in [3.63, 3.8) is 0 Å². The molecule has 0 spiro atoms. The molecule has 0 saturated carbocycles. The molecule has 0 bridgehead atoms. The predicted molar refractivity (Wildman–Crippen MR) is 100 cm³/mol. The average Bonchev–Trinajstić information content (AvgIpc) is 2.61. The van der Waals surface area contributed by atoms with E-state index in [0.717, 1.165) is 51.4 Å². The topological polar surface area (TPSA) is 52.6 Å². The van der Waals surface area contributed by atoms with Crippen molar-refractivity contribution in [3.8, 4) is 0 Å². The van der Waals surface area contributed by atoms with Crippen LogP contribution in [0.1, 0.15) is 85.9 Å². The van der Waals surface area contributed by atoms with Gasteiger partial charge in [0.25, 0.3) is 0 Å². The number of rotatable bonds is 12. The summed E-state index contributed by atoms with van der Waals surface area (Å²) >= 11 is 5.97. The highest BCUT2D eigenvalue weighted by molar-refractivity contribution is 6.31. The fraction of sp³-hybridized carbons (Fsp3) is 0.600. The van der Waals surface area contributed by atoms with E-state index in [-0.39, 0.29) is 11.1 Å². The summed E-state index contributed by atoms with van der Waals surface area (Å²) in [6.45, 7) is 4.95. The van der Waals surface area contributed by atoms with E-state index < -0.39 is 11.9 Å². The molecule has 5 heteroatoms. The summed E-state index contributed by atoms with van der Waals surface area (Å²) < 4.78 is 10.5. The Morgan fingerprint density at radius 1 is 0.800 bits per heavy atom. The van der Waals surface area contributed by atoms with E-state index in [1.54, 1.807) is 6.07 Å². The van der Waals surface area contributed by atoms with Crippen molar-refractivity contribution in [2.24, 2.45) is 0 Å². The number of benzene rings is 1. The molecule has 1 aromatic rings. The lowest BCUT2D eigenvalue weighted by Crippen LogP contribution is -2.15. The van der Waals surface area contributed by atoms with Crippen LogP contribution in [0, 0.1) is 0 Å². The summed E-state index contributed by atoms with van der Waals surface area (Å²) in [4.78, 5) is 24.5. The third-order valence-electron chi connectivity index (χ3n) is 3.88. The van der Waals surface area contributed by atoms with E-state index >= 15 is 0 Å². The van der Waals surface area contributed by atoms with Gasteiger partial charge in [0.05, 0.1) is 24.3 Å². The fourth-order valence-corrected chi connectivity index (χ4v) is 2.58. The zero-order valence-corrected chi connectivity index (χ0v) is 16.1. The first-order chi connectivity index (χ1) is 12.1. The van der Waals surface area contributed by atoms with Crippen LogP contribution in [0.2, 0.25) is 5.02 Å². The molecule has 0 aliphatic heterocycles. The van der Waals surface area contributed by atoms with Crippen LogP contribution in [0.25, 0.3) is 0 Å². The van der Waals surface area contributed by atoms with E-state index in [2.05, 4.69) is 13.8 Å². The number of unbranched alkanes of at least 4 members (excludes halogenated alkanes) is 6. The Labute approximate surface area is 155 Å². The van der Waals surface area contributed by atoms with Crippen LogP contribution in [-0.4, -0.2) is 25.2 Å². The number of halogens is 1. The van der Waals surface area contributed by atoms with E-state index in [4.69, 9.17) is 21.1 Å². The lowest BCUT2D eigenvalue weighted by Gasteiger charge is -2.10. The SMILES string of the molecule is CCCCCCOC(=O)c1ccc(Cl)cc1C(=O)OCCCCCC. The van der Waals surface area contributed by atoms with Gasteiger partial charge in [-0.2, -0.15) is 0 Å². The van der Waals surface area contributed by atoms with E-state index in [1.165, 1.54) is 12.1 Å². The third kappa shape index (κ3) is 8.39. The van der Waals surface area contributed by atoms with E-state index in [9.17, 15) is 9.59 Å². The second-order valence-corrected chi connectivity index (χ2v) is 6.52. The van der Waals surface area contributed by atoms with Crippen molar-refractivity contribution in [1.82, 2.24) is 0 Å². The maximum Gasteiger partial charge on any atom is 0.339 e. The van der Waals surface area contributed by atoms with Crippen LogP contribution in [0.15, 0.2) is 18.2 Å².